The maximum Gasteiger partial charge on any atom is 0.226 e. The predicted octanol–water partition coefficient (Wildman–Crippen LogP) is 4.44. The molecule has 2 aliphatic heterocycles. The fraction of sp³-hybridized carbons (Fsp3) is 0.533. The number of fused-ring (bicyclic) bond motifs is 1. The van der Waals surface area contributed by atoms with Crippen LogP contribution in [0, 0.1) is 5.41 Å². The van der Waals surface area contributed by atoms with E-state index in [4.69, 9.17) is 9.47 Å². The van der Waals surface area contributed by atoms with Gasteiger partial charge in [0.1, 0.15) is 18.1 Å². The van der Waals surface area contributed by atoms with Crippen LogP contribution in [0.4, 0.5) is 5.69 Å². The second kappa shape index (κ2) is 12.8. The van der Waals surface area contributed by atoms with Gasteiger partial charge in [0.15, 0.2) is 0 Å². The van der Waals surface area contributed by atoms with Gasteiger partial charge in [-0.2, -0.15) is 0 Å². The number of methoxy groups -OCH3 is 1. The quantitative estimate of drug-likeness (QED) is 0.648. The van der Waals surface area contributed by atoms with Crippen molar-refractivity contribution in [3.63, 3.8) is 0 Å². The first-order valence-electron chi connectivity index (χ1n) is 13.6. The summed E-state index contributed by atoms with van der Waals surface area (Å²) in [4.78, 5) is 30.4. The highest BCUT2D eigenvalue weighted by atomic mass is 16.5. The minimum absolute atomic E-state index is 0.117. The molecule has 0 atom stereocenters. The molecule has 2 aromatic carbocycles. The van der Waals surface area contributed by atoms with E-state index in [1.54, 1.807) is 7.11 Å². The largest absolute Gasteiger partial charge is 0.495 e. The first kappa shape index (κ1) is 26.8. The highest BCUT2D eigenvalue weighted by molar-refractivity contribution is 5.83. The molecule has 1 saturated heterocycles. The van der Waals surface area contributed by atoms with Crippen molar-refractivity contribution in [2.75, 3.05) is 51.8 Å². The Kier molecular flexibility index (Phi) is 9.31. The van der Waals surface area contributed by atoms with Gasteiger partial charge < -0.3 is 24.6 Å². The first-order valence-corrected chi connectivity index (χ1v) is 13.6. The zero-order valence-electron chi connectivity index (χ0n) is 22.3. The summed E-state index contributed by atoms with van der Waals surface area (Å²) in [5.41, 5.74) is 1.82. The maximum absolute atomic E-state index is 13.4. The molecular weight excluding hydrogens is 466 g/mol. The molecule has 2 aromatic rings. The Hall–Kier alpha value is -3.22. The molecule has 1 N–H and O–H groups in total. The SMILES string of the molecule is COc1ccccc1N(C)CCC(=O)N1CCC2(CCCCCc3ccccc3OCCNC2=O)CC1. The van der Waals surface area contributed by atoms with Crippen LogP contribution in [0.3, 0.4) is 0 Å². The lowest BCUT2D eigenvalue weighted by Gasteiger charge is -2.41. The molecule has 0 unspecified atom stereocenters. The van der Waals surface area contributed by atoms with Crippen molar-refractivity contribution in [1.82, 2.24) is 10.2 Å². The van der Waals surface area contributed by atoms with Gasteiger partial charge in [-0.05, 0) is 55.9 Å². The van der Waals surface area contributed by atoms with Crippen LogP contribution in [0.1, 0.15) is 50.5 Å². The number of likely N-dealkylation sites (tertiary alicyclic amines) is 1. The highest BCUT2D eigenvalue weighted by Crippen LogP contribution is 2.38. The minimum Gasteiger partial charge on any atom is -0.495 e. The monoisotopic (exact) mass is 507 g/mol. The molecule has 0 radical (unpaired) electrons. The number of aryl methyl sites for hydroxylation is 1. The Labute approximate surface area is 221 Å². The molecular formula is C30H41N3O4. The summed E-state index contributed by atoms with van der Waals surface area (Å²) in [7, 11) is 3.64. The Bertz CT molecular complexity index is 1050. The topological polar surface area (TPSA) is 71.1 Å². The van der Waals surface area contributed by atoms with E-state index in [-0.39, 0.29) is 11.8 Å². The van der Waals surface area contributed by atoms with Crippen molar-refractivity contribution < 1.29 is 19.1 Å². The zero-order chi connectivity index (χ0) is 26.1. The summed E-state index contributed by atoms with van der Waals surface area (Å²) in [5.74, 6) is 1.99. The van der Waals surface area contributed by atoms with Crippen LogP contribution >= 0.6 is 0 Å². The number of benzene rings is 2. The molecule has 4 rings (SSSR count). The number of nitrogens with zero attached hydrogens (tertiary/aromatic N) is 2. The van der Waals surface area contributed by atoms with Crippen LogP contribution in [0.5, 0.6) is 11.5 Å². The molecule has 0 aromatic heterocycles. The average Bonchev–Trinajstić information content (AvgIpc) is 2.95. The van der Waals surface area contributed by atoms with Gasteiger partial charge >= 0.3 is 0 Å². The van der Waals surface area contributed by atoms with E-state index in [1.807, 2.05) is 48.3 Å². The lowest BCUT2D eigenvalue weighted by atomic mass is 9.73. The van der Waals surface area contributed by atoms with Crippen LogP contribution in [-0.4, -0.2) is 63.7 Å². The second-order valence-corrected chi connectivity index (χ2v) is 10.3. The molecule has 1 fully saturated rings. The van der Waals surface area contributed by atoms with Crippen LogP contribution in [0.15, 0.2) is 48.5 Å². The third-order valence-corrected chi connectivity index (χ3v) is 7.93. The van der Waals surface area contributed by atoms with Gasteiger partial charge in [-0.3, -0.25) is 9.59 Å². The summed E-state index contributed by atoms with van der Waals surface area (Å²) in [6.07, 6.45) is 6.93. The highest BCUT2D eigenvalue weighted by Gasteiger charge is 2.41. The zero-order valence-corrected chi connectivity index (χ0v) is 22.3. The third kappa shape index (κ3) is 6.76. The molecule has 200 valence electrons. The van der Waals surface area contributed by atoms with E-state index in [2.05, 4.69) is 22.3 Å². The third-order valence-electron chi connectivity index (χ3n) is 7.93. The average molecular weight is 508 g/mol. The molecule has 7 heteroatoms. The van der Waals surface area contributed by atoms with Gasteiger partial charge in [0.05, 0.1) is 24.8 Å². The van der Waals surface area contributed by atoms with Crippen molar-refractivity contribution in [2.24, 2.45) is 5.41 Å². The number of rotatable bonds is 5. The second-order valence-electron chi connectivity index (χ2n) is 10.3. The Morgan fingerprint density at radius 1 is 1.05 bits per heavy atom. The first-order chi connectivity index (χ1) is 18.0. The molecule has 0 bridgehead atoms. The smallest absolute Gasteiger partial charge is 0.226 e. The summed E-state index contributed by atoms with van der Waals surface area (Å²) in [6.45, 7) is 2.83. The van der Waals surface area contributed by atoms with Gasteiger partial charge in [-0.15, -0.1) is 0 Å². The van der Waals surface area contributed by atoms with Crippen LogP contribution in [0.25, 0.3) is 0 Å². The number of hydrogen-bond acceptors (Lipinski definition) is 5. The Morgan fingerprint density at radius 3 is 2.62 bits per heavy atom. The van der Waals surface area contributed by atoms with E-state index in [9.17, 15) is 9.59 Å². The van der Waals surface area contributed by atoms with E-state index < -0.39 is 5.41 Å². The Balaban J connectivity index is 1.31. The van der Waals surface area contributed by atoms with E-state index in [0.29, 0.717) is 52.0 Å². The van der Waals surface area contributed by atoms with Gasteiger partial charge in [0, 0.05) is 33.1 Å². The predicted molar refractivity (Wildman–Crippen MR) is 146 cm³/mol. The van der Waals surface area contributed by atoms with Crippen molar-refractivity contribution in [2.45, 2.75) is 51.4 Å². The summed E-state index contributed by atoms with van der Waals surface area (Å²) in [5, 5.41) is 3.14. The van der Waals surface area contributed by atoms with Crippen LogP contribution in [0.2, 0.25) is 0 Å². The number of para-hydroxylation sites is 3. The minimum atomic E-state index is -0.397. The number of carbonyl (C=O) groups excluding carboxylic acids is 2. The molecule has 7 nitrogen and oxygen atoms in total. The number of anilines is 1. The normalized spacial score (nSPS) is 18.3. The molecule has 2 heterocycles. The number of nitrogens with one attached hydrogen (secondary N) is 1. The van der Waals surface area contributed by atoms with Crippen molar-refractivity contribution in [1.29, 1.82) is 0 Å². The van der Waals surface area contributed by atoms with Crippen LogP contribution < -0.4 is 19.7 Å². The van der Waals surface area contributed by atoms with Gasteiger partial charge in [-0.1, -0.05) is 43.2 Å². The van der Waals surface area contributed by atoms with Gasteiger partial charge in [0.2, 0.25) is 11.8 Å². The molecule has 37 heavy (non-hydrogen) atoms. The maximum atomic E-state index is 13.4. The van der Waals surface area contributed by atoms with E-state index in [0.717, 1.165) is 49.3 Å². The van der Waals surface area contributed by atoms with Crippen molar-refractivity contribution >= 4 is 17.5 Å². The fourth-order valence-corrected chi connectivity index (χ4v) is 5.58. The molecule has 2 amide bonds. The summed E-state index contributed by atoms with van der Waals surface area (Å²) >= 11 is 0. The number of ether oxygens (including phenoxy) is 2. The number of hydrogen-bond donors (Lipinski definition) is 1. The number of amides is 2. The number of carbonyl (C=O) groups is 2. The number of piperidine rings is 1. The van der Waals surface area contributed by atoms with E-state index >= 15 is 0 Å². The molecule has 1 spiro atoms. The van der Waals surface area contributed by atoms with Crippen molar-refractivity contribution in [3.05, 3.63) is 54.1 Å². The van der Waals surface area contributed by atoms with Gasteiger partial charge in [-0.25, -0.2) is 0 Å². The summed E-state index contributed by atoms with van der Waals surface area (Å²) < 4.78 is 11.4. The lowest BCUT2D eigenvalue weighted by molar-refractivity contribution is -0.141. The lowest BCUT2D eigenvalue weighted by Crippen LogP contribution is -2.51. The van der Waals surface area contributed by atoms with Crippen LogP contribution in [-0.2, 0) is 16.0 Å². The molecule has 0 aliphatic carbocycles. The molecule has 0 saturated carbocycles. The van der Waals surface area contributed by atoms with Gasteiger partial charge in [0.25, 0.3) is 0 Å². The fourth-order valence-electron chi connectivity index (χ4n) is 5.58. The standard InChI is InChI=1S/C30H41N3O4/c1-32(25-12-6-8-14-27(25)36-2)20-15-28(34)33-21-17-30(18-22-33)16-9-3-4-10-24-11-5-7-13-26(24)37-23-19-31-29(30)35/h5-8,11-14H,3-4,9-10,15-23H2,1-2H3,(H,31,35). The van der Waals surface area contributed by atoms with Crippen molar-refractivity contribution in [3.8, 4) is 11.5 Å². The molecule has 2 aliphatic rings. The Morgan fingerprint density at radius 2 is 1.81 bits per heavy atom. The summed E-state index contributed by atoms with van der Waals surface area (Å²) in [6, 6.07) is 16.0. The van der Waals surface area contributed by atoms with E-state index in [1.165, 1.54) is 5.56 Å².